The summed E-state index contributed by atoms with van der Waals surface area (Å²) in [5.74, 6) is -0.290. The van der Waals surface area contributed by atoms with Gasteiger partial charge in [0.15, 0.2) is 0 Å². The number of anilines is 1. The van der Waals surface area contributed by atoms with Crippen LogP contribution in [0.1, 0.15) is 9.67 Å². The van der Waals surface area contributed by atoms with E-state index in [-0.39, 0.29) is 23.4 Å². The van der Waals surface area contributed by atoms with Crippen LogP contribution in [0.25, 0.3) is 0 Å². The molecule has 2 heterocycles. The first kappa shape index (κ1) is 18.0. The summed E-state index contributed by atoms with van der Waals surface area (Å²) in [4.78, 5) is 38.8. The molecule has 0 radical (unpaired) electrons. The van der Waals surface area contributed by atoms with Crippen LogP contribution in [-0.4, -0.2) is 59.3 Å². The van der Waals surface area contributed by atoms with Crippen molar-refractivity contribution in [2.75, 3.05) is 38.0 Å². The molecule has 0 bridgehead atoms. The van der Waals surface area contributed by atoms with Crippen molar-refractivity contribution in [2.45, 2.75) is 0 Å². The van der Waals surface area contributed by atoms with Gasteiger partial charge in [0.1, 0.15) is 0 Å². The van der Waals surface area contributed by atoms with Crippen LogP contribution >= 0.6 is 11.3 Å². The Balaban J connectivity index is 1.48. The molecule has 1 aliphatic heterocycles. The van der Waals surface area contributed by atoms with Crippen molar-refractivity contribution < 1.29 is 14.5 Å². The molecule has 1 aromatic carbocycles. The summed E-state index contributed by atoms with van der Waals surface area (Å²) >= 11 is 0.887. The lowest BCUT2D eigenvalue weighted by atomic mass is 10.2. The van der Waals surface area contributed by atoms with E-state index in [9.17, 15) is 19.7 Å². The first-order valence-corrected chi connectivity index (χ1v) is 8.95. The second kappa shape index (κ2) is 8.07. The fourth-order valence-corrected chi connectivity index (χ4v) is 3.52. The fourth-order valence-electron chi connectivity index (χ4n) is 2.73. The number of nitrogens with one attached hydrogen (secondary N) is 1. The van der Waals surface area contributed by atoms with Crippen LogP contribution in [0, 0.1) is 10.1 Å². The van der Waals surface area contributed by atoms with Gasteiger partial charge in [0.05, 0.1) is 16.3 Å². The summed E-state index contributed by atoms with van der Waals surface area (Å²) in [6, 6.07) is 12.1. The van der Waals surface area contributed by atoms with Gasteiger partial charge in [-0.3, -0.25) is 24.6 Å². The van der Waals surface area contributed by atoms with Crippen LogP contribution in [0.2, 0.25) is 0 Å². The van der Waals surface area contributed by atoms with Gasteiger partial charge in [0.2, 0.25) is 5.91 Å². The predicted octanol–water partition coefficient (Wildman–Crippen LogP) is 2.05. The third-order valence-corrected chi connectivity index (χ3v) is 5.09. The Kier molecular flexibility index (Phi) is 5.59. The molecule has 26 heavy (non-hydrogen) atoms. The van der Waals surface area contributed by atoms with Gasteiger partial charge in [0, 0.05) is 37.9 Å². The highest BCUT2D eigenvalue weighted by atomic mass is 32.1. The van der Waals surface area contributed by atoms with Gasteiger partial charge in [-0.25, -0.2) is 0 Å². The van der Waals surface area contributed by atoms with Crippen LogP contribution in [0.5, 0.6) is 0 Å². The molecule has 2 aromatic rings. The fraction of sp³-hybridized carbons (Fsp3) is 0.294. The molecule has 1 saturated heterocycles. The highest BCUT2D eigenvalue weighted by molar-refractivity contribution is 7.17. The third-order valence-electron chi connectivity index (χ3n) is 4.07. The molecule has 1 fully saturated rings. The van der Waals surface area contributed by atoms with E-state index in [1.54, 1.807) is 4.90 Å². The number of nitro groups is 1. The van der Waals surface area contributed by atoms with Crippen molar-refractivity contribution in [3.63, 3.8) is 0 Å². The molecule has 2 amide bonds. The molecule has 9 heteroatoms. The molecule has 0 spiro atoms. The Morgan fingerprint density at radius 3 is 2.38 bits per heavy atom. The third kappa shape index (κ3) is 4.44. The summed E-state index contributed by atoms with van der Waals surface area (Å²) in [6.45, 7) is 2.41. The number of carbonyl (C=O) groups is 2. The Morgan fingerprint density at radius 2 is 1.77 bits per heavy atom. The van der Waals surface area contributed by atoms with Crippen LogP contribution < -0.4 is 5.32 Å². The van der Waals surface area contributed by atoms with Crippen LogP contribution in [0.4, 0.5) is 10.7 Å². The van der Waals surface area contributed by atoms with E-state index in [1.165, 1.54) is 12.1 Å². The number of piperazine rings is 1. The number of benzene rings is 1. The normalized spacial score (nSPS) is 14.8. The number of hydrogen-bond acceptors (Lipinski definition) is 6. The number of carbonyl (C=O) groups excluding carboxylic acids is 2. The van der Waals surface area contributed by atoms with Crippen LogP contribution in [0.15, 0.2) is 42.5 Å². The highest BCUT2D eigenvalue weighted by Crippen LogP contribution is 2.25. The zero-order chi connectivity index (χ0) is 18.5. The number of nitrogens with zero attached hydrogens (tertiary/aromatic N) is 3. The molecule has 8 nitrogen and oxygen atoms in total. The highest BCUT2D eigenvalue weighted by Gasteiger charge is 2.25. The Morgan fingerprint density at radius 1 is 1.08 bits per heavy atom. The van der Waals surface area contributed by atoms with E-state index in [4.69, 9.17) is 0 Å². The minimum Gasteiger partial charge on any atom is -0.335 e. The van der Waals surface area contributed by atoms with Crippen molar-refractivity contribution in [3.05, 3.63) is 57.5 Å². The van der Waals surface area contributed by atoms with Gasteiger partial charge in [0.25, 0.3) is 5.91 Å². The van der Waals surface area contributed by atoms with Crippen molar-refractivity contribution in [2.24, 2.45) is 0 Å². The van der Waals surface area contributed by atoms with Crippen molar-refractivity contribution in [1.82, 2.24) is 9.80 Å². The maximum atomic E-state index is 12.4. The first-order valence-electron chi connectivity index (χ1n) is 8.13. The molecular formula is C17H18N4O4S. The Hall–Kier alpha value is -2.78. The monoisotopic (exact) mass is 374 g/mol. The topological polar surface area (TPSA) is 95.8 Å². The lowest BCUT2D eigenvalue weighted by molar-refractivity contribution is -0.380. The number of rotatable bonds is 5. The molecule has 0 saturated carbocycles. The molecule has 1 aromatic heterocycles. The molecule has 0 unspecified atom stereocenters. The van der Waals surface area contributed by atoms with E-state index >= 15 is 0 Å². The van der Waals surface area contributed by atoms with Crippen LogP contribution in [-0.2, 0) is 4.79 Å². The summed E-state index contributed by atoms with van der Waals surface area (Å²) in [5.41, 5.74) is 0.755. The van der Waals surface area contributed by atoms with Crippen LogP contribution in [0.3, 0.4) is 0 Å². The maximum absolute atomic E-state index is 12.4. The predicted molar refractivity (Wildman–Crippen MR) is 98.4 cm³/mol. The molecular weight excluding hydrogens is 356 g/mol. The molecule has 3 rings (SSSR count). The van der Waals surface area contributed by atoms with Gasteiger partial charge in [-0.05, 0) is 18.2 Å². The zero-order valence-electron chi connectivity index (χ0n) is 14.0. The maximum Gasteiger partial charge on any atom is 0.324 e. The smallest absolute Gasteiger partial charge is 0.324 e. The van der Waals surface area contributed by atoms with Gasteiger partial charge < -0.3 is 10.2 Å². The second-order valence-corrected chi connectivity index (χ2v) is 6.94. The van der Waals surface area contributed by atoms with E-state index in [0.29, 0.717) is 31.1 Å². The summed E-state index contributed by atoms with van der Waals surface area (Å²) < 4.78 is 0. The standard InChI is InChI=1S/C17H18N4O4S/c22-15(18-13-4-2-1-3-5-13)12-19-8-10-20(11-9-19)17(23)14-6-7-16(26-14)21(24)25/h1-7H,8-12H2,(H,18,22). The van der Waals surface area contributed by atoms with Crippen molar-refractivity contribution in [1.29, 1.82) is 0 Å². The minimum atomic E-state index is -0.495. The Bertz CT molecular complexity index is 800. The average molecular weight is 374 g/mol. The summed E-state index contributed by atoms with van der Waals surface area (Å²) in [7, 11) is 0. The largest absolute Gasteiger partial charge is 0.335 e. The van der Waals surface area contributed by atoms with Crippen molar-refractivity contribution in [3.8, 4) is 0 Å². The number of para-hydroxylation sites is 1. The average Bonchev–Trinajstić information content (AvgIpc) is 3.13. The second-order valence-electron chi connectivity index (χ2n) is 5.88. The van der Waals surface area contributed by atoms with E-state index in [0.717, 1.165) is 17.0 Å². The number of thiophene rings is 1. The lowest BCUT2D eigenvalue weighted by Crippen LogP contribution is -2.50. The van der Waals surface area contributed by atoms with Gasteiger partial charge in [-0.1, -0.05) is 29.5 Å². The Labute approximate surface area is 154 Å². The molecule has 0 aliphatic carbocycles. The minimum absolute atomic E-state index is 0.0374. The van der Waals surface area contributed by atoms with E-state index < -0.39 is 4.92 Å². The number of amides is 2. The van der Waals surface area contributed by atoms with E-state index in [2.05, 4.69) is 5.32 Å². The van der Waals surface area contributed by atoms with Gasteiger partial charge >= 0.3 is 5.00 Å². The molecule has 136 valence electrons. The SMILES string of the molecule is O=C(CN1CCN(C(=O)c2ccc([N+](=O)[O-])s2)CC1)Nc1ccccc1. The van der Waals surface area contributed by atoms with Gasteiger partial charge in [-0.15, -0.1) is 0 Å². The quantitative estimate of drug-likeness (QED) is 0.638. The zero-order valence-corrected chi connectivity index (χ0v) is 14.8. The summed E-state index contributed by atoms with van der Waals surface area (Å²) in [6.07, 6.45) is 0. The molecule has 1 aliphatic rings. The summed E-state index contributed by atoms with van der Waals surface area (Å²) in [5, 5.41) is 13.5. The van der Waals surface area contributed by atoms with Gasteiger partial charge in [-0.2, -0.15) is 0 Å². The first-order chi connectivity index (χ1) is 12.5. The molecule has 1 N–H and O–H groups in total. The number of hydrogen-bond donors (Lipinski definition) is 1. The van der Waals surface area contributed by atoms with Crippen molar-refractivity contribution >= 4 is 33.8 Å². The van der Waals surface area contributed by atoms with E-state index in [1.807, 2.05) is 35.2 Å². The lowest BCUT2D eigenvalue weighted by Gasteiger charge is -2.34. The molecule has 0 atom stereocenters.